The molecule has 150 valence electrons. The van der Waals surface area contributed by atoms with Crippen molar-refractivity contribution in [1.29, 1.82) is 0 Å². The molecule has 0 saturated heterocycles. The molecule has 0 aromatic heterocycles. The zero-order valence-electron chi connectivity index (χ0n) is 18.0. The summed E-state index contributed by atoms with van der Waals surface area (Å²) in [5, 5.41) is 0. The summed E-state index contributed by atoms with van der Waals surface area (Å²) in [7, 11) is 3.06. The van der Waals surface area contributed by atoms with E-state index in [1.165, 1.54) is 18.3 Å². The molecule has 0 bridgehead atoms. The van der Waals surface area contributed by atoms with Gasteiger partial charge in [0.25, 0.3) is 0 Å². The second-order valence-electron chi connectivity index (χ2n) is 7.32. The monoisotopic (exact) mass is 372 g/mol. The van der Waals surface area contributed by atoms with Crippen molar-refractivity contribution in [2.24, 2.45) is 0 Å². The van der Waals surface area contributed by atoms with Crippen molar-refractivity contribution in [2.75, 3.05) is 14.2 Å². The molecule has 3 nitrogen and oxygen atoms in total. The number of carbonyl (C=O) groups excluding carboxylic acids is 1. The van der Waals surface area contributed by atoms with Crippen LogP contribution in [0.2, 0.25) is 0 Å². The van der Waals surface area contributed by atoms with E-state index in [1.807, 2.05) is 0 Å². The van der Waals surface area contributed by atoms with Gasteiger partial charge < -0.3 is 9.47 Å². The molecule has 3 heteroatoms. The molecule has 1 rings (SSSR count). The number of aryl methyl sites for hydroxylation is 1. The first-order valence-electron chi connectivity index (χ1n) is 10.0. The van der Waals surface area contributed by atoms with E-state index >= 15 is 0 Å². The highest BCUT2D eigenvalue weighted by Crippen LogP contribution is 2.30. The summed E-state index contributed by atoms with van der Waals surface area (Å²) in [6, 6.07) is 4.15. The van der Waals surface area contributed by atoms with Gasteiger partial charge in [-0.1, -0.05) is 55.2 Å². The number of hydrogen-bond donors (Lipinski definition) is 0. The van der Waals surface area contributed by atoms with Gasteiger partial charge in [0.05, 0.1) is 14.2 Å². The molecule has 1 aromatic carbocycles. The van der Waals surface area contributed by atoms with E-state index in [9.17, 15) is 4.79 Å². The van der Waals surface area contributed by atoms with Crippen molar-refractivity contribution in [2.45, 2.75) is 72.6 Å². The summed E-state index contributed by atoms with van der Waals surface area (Å²) in [4.78, 5) is 12.4. The Bertz CT molecular complexity index is 664. The Morgan fingerprint density at radius 2 is 1.74 bits per heavy atom. The number of benzene rings is 1. The molecular formula is C24H36O3. The molecule has 0 spiro atoms. The van der Waals surface area contributed by atoms with Crippen molar-refractivity contribution >= 4 is 5.97 Å². The van der Waals surface area contributed by atoms with Crippen LogP contribution in [0.1, 0.15) is 81.3 Å². The molecule has 27 heavy (non-hydrogen) atoms. The minimum absolute atomic E-state index is 0.315. The lowest BCUT2D eigenvalue weighted by atomic mass is 9.95. The maximum absolute atomic E-state index is 12.4. The van der Waals surface area contributed by atoms with E-state index in [4.69, 9.17) is 9.47 Å². The van der Waals surface area contributed by atoms with Crippen LogP contribution in [-0.4, -0.2) is 20.2 Å². The molecule has 0 amide bonds. The van der Waals surface area contributed by atoms with Gasteiger partial charge in [-0.2, -0.15) is 0 Å². The van der Waals surface area contributed by atoms with E-state index < -0.39 is 0 Å². The van der Waals surface area contributed by atoms with Crippen LogP contribution in [-0.2, 0) is 17.6 Å². The van der Waals surface area contributed by atoms with Crippen LogP contribution in [0, 0.1) is 0 Å². The summed E-state index contributed by atoms with van der Waals surface area (Å²) < 4.78 is 10.7. The summed E-state index contributed by atoms with van der Waals surface area (Å²) in [5.41, 5.74) is 5.33. The van der Waals surface area contributed by atoms with E-state index in [0.29, 0.717) is 11.3 Å². The molecule has 0 aliphatic carbocycles. The average molecular weight is 373 g/mol. The lowest BCUT2D eigenvalue weighted by Gasteiger charge is -2.16. The second kappa shape index (κ2) is 12.4. The Morgan fingerprint density at radius 3 is 2.33 bits per heavy atom. The van der Waals surface area contributed by atoms with Crippen LogP contribution in [0.4, 0.5) is 0 Å². The highest BCUT2D eigenvalue weighted by Gasteiger charge is 2.20. The first kappa shape index (κ1) is 23.0. The Hall–Kier alpha value is -2.03. The minimum Gasteiger partial charge on any atom is -0.496 e. The third kappa shape index (κ3) is 7.62. The number of unbranched alkanes of at least 4 members (excludes halogenated alkanes) is 2. The molecule has 0 saturated carbocycles. The lowest BCUT2D eigenvalue weighted by Crippen LogP contribution is -2.10. The topological polar surface area (TPSA) is 35.5 Å². The predicted molar refractivity (Wildman–Crippen MR) is 114 cm³/mol. The number of allylic oxidation sites excluding steroid dienone is 4. The molecular weight excluding hydrogens is 336 g/mol. The minimum atomic E-state index is -0.315. The fourth-order valence-electron chi connectivity index (χ4n) is 3.13. The van der Waals surface area contributed by atoms with Crippen LogP contribution >= 0.6 is 0 Å². The molecule has 0 atom stereocenters. The smallest absolute Gasteiger partial charge is 0.341 e. The maximum Gasteiger partial charge on any atom is 0.341 e. The normalized spacial score (nSPS) is 11.3. The zero-order valence-corrected chi connectivity index (χ0v) is 18.0. The quantitative estimate of drug-likeness (QED) is 0.254. The number of esters is 1. The standard InChI is InChI=1S/C24H36O3/c1-7-8-9-13-20-16-17-21(23(26-5)22(20)24(25)27-6)15-14-19(4)12-10-11-18(2)3/h11,14,16-17H,7-10,12-13,15H2,1-6H3/b19-14+. The van der Waals surface area contributed by atoms with Gasteiger partial charge in [0.1, 0.15) is 11.3 Å². The van der Waals surface area contributed by atoms with Crippen LogP contribution in [0.15, 0.2) is 35.4 Å². The lowest BCUT2D eigenvalue weighted by molar-refractivity contribution is 0.0595. The van der Waals surface area contributed by atoms with Crippen LogP contribution in [0.5, 0.6) is 5.75 Å². The number of hydrogen-bond acceptors (Lipinski definition) is 3. The van der Waals surface area contributed by atoms with Gasteiger partial charge in [0, 0.05) is 0 Å². The molecule has 0 N–H and O–H groups in total. The van der Waals surface area contributed by atoms with Crippen molar-refractivity contribution in [3.8, 4) is 5.75 Å². The molecule has 0 radical (unpaired) electrons. The number of carbonyl (C=O) groups is 1. The van der Waals surface area contributed by atoms with Crippen molar-refractivity contribution < 1.29 is 14.3 Å². The Labute approximate surface area is 165 Å². The fraction of sp³-hybridized carbons (Fsp3) is 0.542. The molecule has 0 unspecified atom stereocenters. The summed E-state index contributed by atoms with van der Waals surface area (Å²) in [6.45, 7) is 8.59. The zero-order chi connectivity index (χ0) is 20.2. The van der Waals surface area contributed by atoms with Gasteiger partial charge in [-0.25, -0.2) is 4.79 Å². The Balaban J connectivity index is 3.06. The first-order chi connectivity index (χ1) is 12.9. The SMILES string of the molecule is CCCCCc1ccc(C/C=C(\C)CCC=C(C)C)c(OC)c1C(=O)OC. The van der Waals surface area contributed by atoms with E-state index in [-0.39, 0.29) is 5.97 Å². The molecule has 0 aliphatic rings. The third-order valence-electron chi connectivity index (χ3n) is 4.73. The third-order valence-corrected chi connectivity index (χ3v) is 4.73. The van der Waals surface area contributed by atoms with Gasteiger partial charge in [-0.15, -0.1) is 0 Å². The van der Waals surface area contributed by atoms with Crippen LogP contribution in [0.3, 0.4) is 0 Å². The number of rotatable bonds is 11. The van der Waals surface area contributed by atoms with Gasteiger partial charge in [-0.3, -0.25) is 0 Å². The highest BCUT2D eigenvalue weighted by atomic mass is 16.5. The van der Waals surface area contributed by atoms with Gasteiger partial charge >= 0.3 is 5.97 Å². The Morgan fingerprint density at radius 1 is 1.04 bits per heavy atom. The van der Waals surface area contributed by atoms with Crippen LogP contribution < -0.4 is 4.74 Å². The molecule has 0 heterocycles. The Kier molecular flexibility index (Phi) is 10.5. The van der Waals surface area contributed by atoms with Gasteiger partial charge in [0.15, 0.2) is 0 Å². The first-order valence-corrected chi connectivity index (χ1v) is 10.0. The predicted octanol–water partition coefficient (Wildman–Crippen LogP) is 6.45. The average Bonchev–Trinajstić information content (AvgIpc) is 2.65. The van der Waals surface area contributed by atoms with E-state index in [1.54, 1.807) is 7.11 Å². The van der Waals surface area contributed by atoms with Crippen molar-refractivity contribution in [1.82, 2.24) is 0 Å². The number of methoxy groups -OCH3 is 2. The van der Waals surface area contributed by atoms with Crippen LogP contribution in [0.25, 0.3) is 0 Å². The second-order valence-corrected chi connectivity index (χ2v) is 7.32. The summed E-state index contributed by atoms with van der Waals surface area (Å²) in [5.74, 6) is 0.341. The molecule has 0 fully saturated rings. The maximum atomic E-state index is 12.4. The van der Waals surface area contributed by atoms with E-state index in [2.05, 4.69) is 52.0 Å². The summed E-state index contributed by atoms with van der Waals surface area (Å²) >= 11 is 0. The molecule has 0 aliphatic heterocycles. The van der Waals surface area contributed by atoms with Crippen molar-refractivity contribution in [3.63, 3.8) is 0 Å². The highest BCUT2D eigenvalue weighted by molar-refractivity contribution is 5.94. The summed E-state index contributed by atoms with van der Waals surface area (Å²) in [6.07, 6.45) is 11.6. The fourth-order valence-corrected chi connectivity index (χ4v) is 3.13. The van der Waals surface area contributed by atoms with E-state index in [0.717, 1.165) is 56.1 Å². The van der Waals surface area contributed by atoms with Crippen molar-refractivity contribution in [3.05, 3.63) is 52.1 Å². The van der Waals surface area contributed by atoms with Gasteiger partial charge in [-0.05, 0) is 64.0 Å². The van der Waals surface area contributed by atoms with Gasteiger partial charge in [0.2, 0.25) is 0 Å². The molecule has 1 aromatic rings. The number of ether oxygens (including phenoxy) is 2. The largest absolute Gasteiger partial charge is 0.496 e.